The van der Waals surface area contributed by atoms with Crippen molar-refractivity contribution < 1.29 is 14.3 Å². The molecule has 0 fully saturated rings. The zero-order valence-corrected chi connectivity index (χ0v) is 33.6. The van der Waals surface area contributed by atoms with Gasteiger partial charge in [0, 0.05) is 11.6 Å². The van der Waals surface area contributed by atoms with Crippen LogP contribution >= 0.6 is 0 Å². The predicted molar refractivity (Wildman–Crippen MR) is 218 cm³/mol. The number of carbonyl (C=O) groups excluding carboxylic acids is 2. The third kappa shape index (κ3) is 22.3. The molecule has 0 heterocycles. The van der Waals surface area contributed by atoms with E-state index < -0.39 is 0 Å². The van der Waals surface area contributed by atoms with Crippen molar-refractivity contribution in [1.82, 2.24) is 0 Å². The fourth-order valence-corrected chi connectivity index (χ4v) is 5.80. The summed E-state index contributed by atoms with van der Waals surface area (Å²) >= 11 is 0. The van der Waals surface area contributed by atoms with Crippen molar-refractivity contribution in [2.45, 2.75) is 159 Å². The molecule has 0 aromatic heterocycles. The highest BCUT2D eigenvalue weighted by molar-refractivity contribution is 6.19. The van der Waals surface area contributed by atoms with Crippen molar-refractivity contribution >= 4 is 11.6 Å². The van der Waals surface area contributed by atoms with Crippen LogP contribution in [0.2, 0.25) is 0 Å². The van der Waals surface area contributed by atoms with Crippen LogP contribution in [0.25, 0.3) is 0 Å². The van der Waals surface area contributed by atoms with Crippen molar-refractivity contribution in [1.29, 1.82) is 0 Å². The molecule has 0 aliphatic heterocycles. The van der Waals surface area contributed by atoms with Gasteiger partial charge >= 0.3 is 0 Å². The van der Waals surface area contributed by atoms with E-state index in [4.69, 9.17) is 4.74 Å². The Kier molecular flexibility index (Phi) is 23.5. The number of carbonyl (C=O) groups is 2. The number of allylic oxidation sites excluding steroid dienone is 19. The van der Waals surface area contributed by atoms with E-state index in [2.05, 4.69) is 111 Å². The summed E-state index contributed by atoms with van der Waals surface area (Å²) < 4.78 is 5.04. The first-order chi connectivity index (χ1) is 23.8. The van der Waals surface area contributed by atoms with E-state index in [0.717, 1.165) is 77.0 Å². The molecule has 0 radical (unpaired) electrons. The summed E-state index contributed by atoms with van der Waals surface area (Å²) in [5.74, 6) is -0.255. The lowest BCUT2D eigenvalue weighted by Crippen LogP contribution is -2.15. The lowest BCUT2D eigenvalue weighted by atomic mass is 9.97. The molecule has 0 spiro atoms. The van der Waals surface area contributed by atoms with Crippen LogP contribution < -0.4 is 0 Å². The molecule has 0 aromatic rings. The van der Waals surface area contributed by atoms with E-state index in [1.165, 1.54) is 76.7 Å². The van der Waals surface area contributed by atoms with E-state index in [0.29, 0.717) is 12.0 Å². The highest BCUT2D eigenvalue weighted by Crippen LogP contribution is 2.20. The van der Waals surface area contributed by atoms with Gasteiger partial charge in [-0.2, -0.15) is 0 Å². The second-order valence-electron chi connectivity index (χ2n) is 14.7. The zero-order chi connectivity index (χ0) is 37.3. The van der Waals surface area contributed by atoms with E-state index in [-0.39, 0.29) is 17.3 Å². The van der Waals surface area contributed by atoms with Crippen molar-refractivity contribution in [3.8, 4) is 0 Å². The monoisotopic (exact) mass is 683 g/mol. The van der Waals surface area contributed by atoms with Crippen LogP contribution in [0.15, 0.2) is 117 Å². The summed E-state index contributed by atoms with van der Waals surface area (Å²) in [5, 5.41) is 0. The summed E-state index contributed by atoms with van der Waals surface area (Å²) in [6, 6.07) is 0. The standard InChI is InChI=1S/C47H70O3/c1-36(2)18-11-19-37(3)20-12-21-38(4)22-13-23-39(5)24-14-25-40(6)26-15-27-41(7)28-16-29-42(8)30-17-31-43(9)32-33-44-34-45(48)35-46(50-10)47(44)49/h18,20,22,24,26,28,30,32,34-35H,11-17,19,21,23,25,27,29,31,33H2,1-10H3. The number of methoxy groups -OCH3 is 1. The maximum Gasteiger partial charge on any atom is 0.224 e. The molecule has 3 heteroatoms. The average Bonchev–Trinajstić information content (AvgIpc) is 3.04. The fraction of sp³-hybridized carbons (Fsp3) is 0.532. The normalized spacial score (nSPS) is 15.8. The van der Waals surface area contributed by atoms with Crippen LogP contribution in [0.3, 0.4) is 0 Å². The Labute approximate surface area is 307 Å². The Morgan fingerprint density at radius 2 is 0.760 bits per heavy atom. The first kappa shape index (κ1) is 44.6. The Balaban J connectivity index is 2.27. The number of rotatable bonds is 24. The van der Waals surface area contributed by atoms with Gasteiger partial charge in [-0.3, -0.25) is 9.59 Å². The Morgan fingerprint density at radius 3 is 1.06 bits per heavy atom. The minimum Gasteiger partial charge on any atom is -0.493 e. The number of ether oxygens (including phenoxy) is 1. The molecule has 1 aliphatic rings. The fourth-order valence-electron chi connectivity index (χ4n) is 5.80. The second kappa shape index (κ2) is 26.4. The van der Waals surface area contributed by atoms with E-state index in [9.17, 15) is 9.59 Å². The Bertz CT molecular complexity index is 1400. The molecule has 1 aliphatic carbocycles. The third-order valence-corrected chi connectivity index (χ3v) is 9.28. The van der Waals surface area contributed by atoms with Gasteiger partial charge in [0.05, 0.1) is 7.11 Å². The van der Waals surface area contributed by atoms with Crippen LogP contribution in [0, 0.1) is 0 Å². The van der Waals surface area contributed by atoms with Crippen LogP contribution in [0.4, 0.5) is 0 Å². The minimum atomic E-state index is -0.194. The predicted octanol–water partition coefficient (Wildman–Crippen LogP) is 14.0. The van der Waals surface area contributed by atoms with Crippen LogP contribution in [-0.4, -0.2) is 18.7 Å². The zero-order valence-electron chi connectivity index (χ0n) is 33.6. The molecule has 1 rings (SSSR count). The van der Waals surface area contributed by atoms with Crippen LogP contribution in [0.1, 0.15) is 159 Å². The molecule has 0 amide bonds. The van der Waals surface area contributed by atoms with Gasteiger partial charge < -0.3 is 4.74 Å². The van der Waals surface area contributed by atoms with Crippen molar-refractivity contribution in [2.24, 2.45) is 0 Å². The second-order valence-corrected chi connectivity index (χ2v) is 14.7. The van der Waals surface area contributed by atoms with Gasteiger partial charge in [0.25, 0.3) is 0 Å². The van der Waals surface area contributed by atoms with E-state index in [1.807, 2.05) is 0 Å². The highest BCUT2D eigenvalue weighted by Gasteiger charge is 2.21. The van der Waals surface area contributed by atoms with Gasteiger partial charge in [0.1, 0.15) is 0 Å². The first-order valence-corrected chi connectivity index (χ1v) is 19.1. The van der Waals surface area contributed by atoms with E-state index in [1.54, 1.807) is 0 Å². The molecule has 50 heavy (non-hydrogen) atoms. The van der Waals surface area contributed by atoms with Crippen molar-refractivity contribution in [3.05, 3.63) is 117 Å². The summed E-state index contributed by atoms with van der Waals surface area (Å²) in [4.78, 5) is 24.1. The van der Waals surface area contributed by atoms with Gasteiger partial charge in [-0.25, -0.2) is 0 Å². The molecular formula is C47H70O3. The average molecular weight is 683 g/mol. The maximum absolute atomic E-state index is 12.3. The number of hydrogen-bond donors (Lipinski definition) is 0. The molecule has 0 saturated carbocycles. The molecule has 0 N–H and O–H groups in total. The summed E-state index contributed by atoms with van der Waals surface area (Å²) in [6.45, 7) is 20.0. The molecule has 276 valence electrons. The smallest absolute Gasteiger partial charge is 0.224 e. The van der Waals surface area contributed by atoms with Gasteiger partial charge in [0.2, 0.25) is 5.78 Å². The van der Waals surface area contributed by atoms with Crippen LogP contribution in [-0.2, 0) is 14.3 Å². The molecule has 0 unspecified atom stereocenters. The van der Waals surface area contributed by atoms with Gasteiger partial charge in [-0.15, -0.1) is 0 Å². The summed E-state index contributed by atoms with van der Waals surface area (Å²) in [6.07, 6.45) is 37.6. The Hall–Kier alpha value is -3.46. The van der Waals surface area contributed by atoms with E-state index >= 15 is 0 Å². The van der Waals surface area contributed by atoms with Gasteiger partial charge in [-0.1, -0.05) is 93.2 Å². The number of hydrogen-bond acceptors (Lipinski definition) is 3. The van der Waals surface area contributed by atoms with Crippen molar-refractivity contribution in [3.63, 3.8) is 0 Å². The van der Waals surface area contributed by atoms with Crippen LogP contribution in [0.5, 0.6) is 0 Å². The topological polar surface area (TPSA) is 43.4 Å². The summed E-state index contributed by atoms with van der Waals surface area (Å²) in [5.41, 5.74) is 12.1. The first-order valence-electron chi connectivity index (χ1n) is 19.1. The minimum absolute atomic E-state index is 0.127. The lowest BCUT2D eigenvalue weighted by Gasteiger charge is -2.11. The number of Topliss-reactive ketones (excluding diaryl/α,β-unsaturated/α-hetero) is 1. The van der Waals surface area contributed by atoms with Crippen molar-refractivity contribution in [2.75, 3.05) is 7.11 Å². The molecular weight excluding hydrogens is 613 g/mol. The SMILES string of the molecule is COC1=CC(=O)C=C(CC=C(C)CCC=C(C)CCC=C(C)CCC=C(C)CCC=C(C)CCC=C(C)CCC=C(C)CCC=C(C)C)C1=O. The van der Waals surface area contributed by atoms with Gasteiger partial charge in [-0.05, 0) is 165 Å². The molecule has 0 atom stereocenters. The number of ketones is 2. The molecule has 0 aromatic carbocycles. The molecule has 3 nitrogen and oxygen atoms in total. The summed E-state index contributed by atoms with van der Waals surface area (Å²) in [7, 11) is 1.42. The Morgan fingerprint density at radius 1 is 0.460 bits per heavy atom. The lowest BCUT2D eigenvalue weighted by molar-refractivity contribution is -0.117. The molecule has 0 bridgehead atoms. The maximum atomic E-state index is 12.3. The molecule has 0 saturated heterocycles. The largest absolute Gasteiger partial charge is 0.493 e. The van der Waals surface area contributed by atoms with Gasteiger partial charge in [0.15, 0.2) is 11.5 Å². The highest BCUT2D eigenvalue weighted by atomic mass is 16.5. The quantitative estimate of drug-likeness (QED) is 0.0752. The third-order valence-electron chi connectivity index (χ3n) is 9.28.